The van der Waals surface area contributed by atoms with E-state index in [1.54, 1.807) is 19.2 Å². The number of hydrogen-bond acceptors (Lipinski definition) is 9. The van der Waals surface area contributed by atoms with Crippen LogP contribution in [0, 0.1) is 31.1 Å². The molecule has 1 heterocycles. The molecule has 0 amide bonds. The van der Waals surface area contributed by atoms with E-state index in [0.717, 1.165) is 23.5 Å². The molecule has 0 fully saturated rings. The van der Waals surface area contributed by atoms with Gasteiger partial charge in [0.25, 0.3) is 5.69 Å². The number of nitro groups is 2. The molecule has 46 heavy (non-hydrogen) atoms. The standard InChI is InChI=1S/C33H35Br2N3O8/c1-32(2)14-23-29(25(39)16-32)28(30-24(36(23)9-6-10-45-5)15-33(3,4)17-26(30)40)20-11-18(34)12-21(35)31(20)46-27-8-7-19(37(41)42)13-22(27)38(43)44/h7-8,11-13,28H,6,9-10,14-17H2,1-5H3. The lowest BCUT2D eigenvalue weighted by Gasteiger charge is -2.49. The molecule has 0 saturated heterocycles. The molecule has 5 rings (SSSR count). The van der Waals surface area contributed by atoms with Gasteiger partial charge in [-0.2, -0.15) is 0 Å². The number of allylic oxidation sites excluding steroid dienone is 4. The van der Waals surface area contributed by atoms with Crippen LogP contribution in [0.1, 0.15) is 71.3 Å². The van der Waals surface area contributed by atoms with Gasteiger partial charge in [-0.25, -0.2) is 0 Å². The summed E-state index contributed by atoms with van der Waals surface area (Å²) in [6.45, 7) is 9.35. The van der Waals surface area contributed by atoms with Crippen LogP contribution >= 0.6 is 31.9 Å². The topological polar surface area (TPSA) is 142 Å². The van der Waals surface area contributed by atoms with Crippen molar-refractivity contribution >= 4 is 54.8 Å². The molecule has 244 valence electrons. The number of ether oxygens (including phenoxy) is 2. The number of nitrogens with zero attached hydrogens (tertiary/aromatic N) is 3. The lowest BCUT2D eigenvalue weighted by Crippen LogP contribution is -2.45. The van der Waals surface area contributed by atoms with Crippen molar-refractivity contribution in [1.29, 1.82) is 0 Å². The molecule has 0 radical (unpaired) electrons. The molecule has 2 aliphatic carbocycles. The highest BCUT2D eigenvalue weighted by Crippen LogP contribution is 2.57. The largest absolute Gasteiger partial charge is 0.449 e. The van der Waals surface area contributed by atoms with E-state index in [0.29, 0.717) is 58.1 Å². The third kappa shape index (κ3) is 6.54. The summed E-state index contributed by atoms with van der Waals surface area (Å²) in [6, 6.07) is 6.65. The number of carbonyl (C=O) groups excluding carboxylic acids is 2. The Bertz CT molecular complexity index is 1680. The molecule has 0 saturated carbocycles. The summed E-state index contributed by atoms with van der Waals surface area (Å²) < 4.78 is 12.7. The van der Waals surface area contributed by atoms with E-state index in [4.69, 9.17) is 9.47 Å². The molecule has 0 unspecified atom stereocenters. The maximum absolute atomic E-state index is 14.2. The molecule has 0 atom stereocenters. The second-order valence-electron chi connectivity index (χ2n) is 13.6. The molecular formula is C33H35Br2N3O8. The zero-order valence-corrected chi connectivity index (χ0v) is 29.4. The van der Waals surface area contributed by atoms with Gasteiger partial charge in [0.15, 0.2) is 11.6 Å². The molecule has 0 bridgehead atoms. The zero-order valence-electron chi connectivity index (χ0n) is 26.3. The van der Waals surface area contributed by atoms with E-state index in [1.165, 1.54) is 6.07 Å². The number of nitro benzene ring substituents is 2. The van der Waals surface area contributed by atoms with E-state index in [-0.39, 0.29) is 46.7 Å². The van der Waals surface area contributed by atoms with Crippen molar-refractivity contribution in [2.24, 2.45) is 10.8 Å². The van der Waals surface area contributed by atoms with E-state index >= 15 is 0 Å². The van der Waals surface area contributed by atoms with Crippen molar-refractivity contribution in [1.82, 2.24) is 4.90 Å². The summed E-state index contributed by atoms with van der Waals surface area (Å²) in [6.07, 6.45) is 2.49. The van der Waals surface area contributed by atoms with Crippen LogP contribution in [0.25, 0.3) is 0 Å². The fraction of sp³-hybridized carbons (Fsp3) is 0.455. The maximum Gasteiger partial charge on any atom is 0.318 e. The predicted molar refractivity (Wildman–Crippen MR) is 178 cm³/mol. The quantitative estimate of drug-likeness (QED) is 0.140. The van der Waals surface area contributed by atoms with Gasteiger partial charge >= 0.3 is 5.69 Å². The molecule has 2 aromatic carbocycles. The highest BCUT2D eigenvalue weighted by molar-refractivity contribution is 9.11. The van der Waals surface area contributed by atoms with Crippen LogP contribution in [-0.2, 0) is 14.3 Å². The van der Waals surface area contributed by atoms with Crippen molar-refractivity contribution in [2.45, 2.75) is 65.7 Å². The molecule has 0 spiro atoms. The van der Waals surface area contributed by atoms with Crippen LogP contribution in [0.5, 0.6) is 11.5 Å². The van der Waals surface area contributed by atoms with Crippen molar-refractivity contribution in [3.05, 3.63) is 87.6 Å². The van der Waals surface area contributed by atoms with Crippen LogP contribution < -0.4 is 4.74 Å². The highest BCUT2D eigenvalue weighted by atomic mass is 79.9. The fourth-order valence-electron chi connectivity index (χ4n) is 6.86. The van der Waals surface area contributed by atoms with Crippen LogP contribution in [0.4, 0.5) is 11.4 Å². The first-order chi connectivity index (χ1) is 21.5. The Balaban J connectivity index is 1.78. The van der Waals surface area contributed by atoms with E-state index in [2.05, 4.69) is 64.5 Å². The lowest BCUT2D eigenvalue weighted by molar-refractivity contribution is -0.394. The summed E-state index contributed by atoms with van der Waals surface area (Å²) in [5.74, 6) is -0.975. The highest BCUT2D eigenvalue weighted by Gasteiger charge is 2.49. The Morgan fingerprint density at radius 1 is 0.891 bits per heavy atom. The molecule has 3 aliphatic rings. The number of hydrogen-bond donors (Lipinski definition) is 0. The average molecular weight is 761 g/mol. The first-order valence-corrected chi connectivity index (χ1v) is 16.5. The summed E-state index contributed by atoms with van der Waals surface area (Å²) in [5.41, 5.74) is 1.59. The second-order valence-corrected chi connectivity index (χ2v) is 15.4. The molecular weight excluding hydrogens is 726 g/mol. The Morgan fingerprint density at radius 3 is 2.00 bits per heavy atom. The van der Waals surface area contributed by atoms with Gasteiger partial charge in [0.2, 0.25) is 5.75 Å². The van der Waals surface area contributed by atoms with E-state index in [1.807, 2.05) is 0 Å². The monoisotopic (exact) mass is 759 g/mol. The number of ketones is 2. The zero-order chi connectivity index (χ0) is 33.7. The smallest absolute Gasteiger partial charge is 0.318 e. The van der Waals surface area contributed by atoms with E-state index in [9.17, 15) is 29.8 Å². The SMILES string of the molecule is COCCCN1C2=C(C(=O)CC(C)(C)C2)C(c2cc(Br)cc(Br)c2Oc2ccc([N+](=O)[O-])cc2[N+](=O)[O-])C2=C1CC(C)(C)CC2=O. The van der Waals surface area contributed by atoms with Gasteiger partial charge in [0.1, 0.15) is 5.75 Å². The van der Waals surface area contributed by atoms with Gasteiger partial charge in [-0.05, 0) is 64.2 Å². The van der Waals surface area contributed by atoms with Gasteiger partial charge in [-0.3, -0.25) is 29.8 Å². The van der Waals surface area contributed by atoms with Gasteiger partial charge in [0.05, 0.1) is 20.4 Å². The van der Waals surface area contributed by atoms with Crippen molar-refractivity contribution in [2.75, 3.05) is 20.3 Å². The first-order valence-electron chi connectivity index (χ1n) is 14.9. The molecule has 11 nitrogen and oxygen atoms in total. The minimum Gasteiger partial charge on any atom is -0.449 e. The molecule has 0 N–H and O–H groups in total. The minimum absolute atomic E-state index is 0.0689. The number of halogens is 2. The van der Waals surface area contributed by atoms with Gasteiger partial charge in [-0.1, -0.05) is 43.6 Å². The number of rotatable bonds is 9. The Kier molecular flexibility index (Phi) is 9.33. The number of benzene rings is 2. The summed E-state index contributed by atoms with van der Waals surface area (Å²) in [5, 5.41) is 23.4. The van der Waals surface area contributed by atoms with Crippen LogP contribution in [0.3, 0.4) is 0 Å². The molecule has 1 aliphatic heterocycles. The van der Waals surface area contributed by atoms with Crippen LogP contribution in [0.15, 0.2) is 61.8 Å². The Morgan fingerprint density at radius 2 is 1.48 bits per heavy atom. The van der Waals surface area contributed by atoms with Crippen LogP contribution in [0.2, 0.25) is 0 Å². The third-order valence-electron chi connectivity index (χ3n) is 8.66. The van der Waals surface area contributed by atoms with Gasteiger partial charge < -0.3 is 14.4 Å². The Labute approximate surface area is 283 Å². The van der Waals surface area contributed by atoms with Crippen LogP contribution in [-0.4, -0.2) is 46.6 Å². The Hall–Kier alpha value is -3.42. The maximum atomic E-state index is 14.2. The number of methoxy groups -OCH3 is 1. The summed E-state index contributed by atoms with van der Waals surface area (Å²) >= 11 is 7.12. The van der Waals surface area contributed by atoms with Crippen molar-refractivity contribution < 1.29 is 28.9 Å². The van der Waals surface area contributed by atoms with E-state index < -0.39 is 27.1 Å². The van der Waals surface area contributed by atoms with Crippen molar-refractivity contribution in [3.63, 3.8) is 0 Å². The van der Waals surface area contributed by atoms with Gasteiger partial charge in [0, 0.05) is 77.7 Å². The minimum atomic E-state index is -0.795. The fourth-order valence-corrected chi connectivity index (χ4v) is 8.20. The first kappa shape index (κ1) is 33.9. The van der Waals surface area contributed by atoms with Gasteiger partial charge in [-0.15, -0.1) is 0 Å². The predicted octanol–water partition coefficient (Wildman–Crippen LogP) is 8.54. The number of non-ortho nitro benzene ring substituents is 1. The summed E-state index contributed by atoms with van der Waals surface area (Å²) in [7, 11) is 1.64. The lowest BCUT2D eigenvalue weighted by atomic mass is 9.63. The molecule has 0 aromatic heterocycles. The molecule has 2 aromatic rings. The third-order valence-corrected chi connectivity index (χ3v) is 9.71. The average Bonchev–Trinajstić information content (AvgIpc) is 2.93. The number of carbonyl (C=O) groups is 2. The van der Waals surface area contributed by atoms with Crippen molar-refractivity contribution in [3.8, 4) is 11.5 Å². The summed E-state index contributed by atoms with van der Waals surface area (Å²) in [4.78, 5) is 52.6. The second kappa shape index (κ2) is 12.6. The number of Topliss-reactive ketones (excluding diaryl/α,β-unsaturated/α-hetero) is 2. The molecule has 13 heteroatoms. The normalized spacial score (nSPS) is 19.2.